The van der Waals surface area contributed by atoms with Crippen LogP contribution in [-0.2, 0) is 17.9 Å². The number of piperazine rings is 1. The molecule has 1 fully saturated rings. The zero-order chi connectivity index (χ0) is 30.3. The standard InChI is InChI=1S/C36H38ClN3O3/c1-25-5-9-29(10-6-25)23-39-15-17-40(18-16-39)35(41)20-27(3)31-19-28(4)36(33(37)21-31)43-34-14-13-32(22-38-34)42-24-30-11-7-26(2)8-12-30/h5-14,19-22H,15-18,23-24H2,1-4H3/b27-20-. The van der Waals surface area contributed by atoms with Crippen molar-refractivity contribution >= 4 is 23.1 Å². The molecule has 6 nitrogen and oxygen atoms in total. The van der Waals surface area contributed by atoms with E-state index in [9.17, 15) is 4.79 Å². The molecule has 4 aromatic rings. The minimum Gasteiger partial charge on any atom is -0.487 e. The maximum Gasteiger partial charge on any atom is 0.246 e. The number of ether oxygens (including phenoxy) is 2. The predicted molar refractivity (Wildman–Crippen MR) is 173 cm³/mol. The maximum absolute atomic E-state index is 13.1. The number of allylic oxidation sites excluding steroid dienone is 1. The number of pyridine rings is 1. The van der Waals surface area contributed by atoms with Crippen LogP contribution in [0.1, 0.15) is 40.3 Å². The van der Waals surface area contributed by atoms with Gasteiger partial charge in [0.15, 0.2) is 5.75 Å². The third-order valence-electron chi connectivity index (χ3n) is 7.68. The van der Waals surface area contributed by atoms with Gasteiger partial charge in [0, 0.05) is 44.9 Å². The van der Waals surface area contributed by atoms with Gasteiger partial charge in [0.2, 0.25) is 11.8 Å². The van der Waals surface area contributed by atoms with Crippen molar-refractivity contribution in [3.8, 4) is 17.4 Å². The van der Waals surface area contributed by atoms with Crippen LogP contribution in [0.4, 0.5) is 0 Å². The first-order valence-electron chi connectivity index (χ1n) is 14.6. The lowest BCUT2D eigenvalue weighted by molar-refractivity contribution is -0.127. The molecular formula is C36H38ClN3O3. The summed E-state index contributed by atoms with van der Waals surface area (Å²) in [5.74, 6) is 1.64. The highest BCUT2D eigenvalue weighted by Gasteiger charge is 2.20. The minimum atomic E-state index is 0.0236. The summed E-state index contributed by atoms with van der Waals surface area (Å²) in [5, 5.41) is 0.460. The maximum atomic E-state index is 13.1. The normalized spacial score (nSPS) is 14.1. The van der Waals surface area contributed by atoms with Crippen molar-refractivity contribution in [1.29, 1.82) is 0 Å². The monoisotopic (exact) mass is 595 g/mol. The first-order chi connectivity index (χ1) is 20.7. The number of nitrogens with zero attached hydrogens (tertiary/aromatic N) is 3. The number of aromatic nitrogens is 1. The Morgan fingerprint density at radius 3 is 2.14 bits per heavy atom. The van der Waals surface area contributed by atoms with Crippen molar-refractivity contribution in [1.82, 2.24) is 14.8 Å². The van der Waals surface area contributed by atoms with E-state index >= 15 is 0 Å². The van der Waals surface area contributed by atoms with E-state index in [1.807, 2.05) is 36.9 Å². The third kappa shape index (κ3) is 8.25. The van der Waals surface area contributed by atoms with Gasteiger partial charge in [-0.15, -0.1) is 0 Å². The molecule has 0 atom stereocenters. The number of halogens is 1. The van der Waals surface area contributed by atoms with E-state index in [0.29, 0.717) is 42.1 Å². The van der Waals surface area contributed by atoms with Gasteiger partial charge in [-0.05, 0) is 73.7 Å². The lowest BCUT2D eigenvalue weighted by Gasteiger charge is -2.34. The molecule has 7 heteroatoms. The molecule has 0 aliphatic carbocycles. The Labute approximate surface area is 259 Å². The summed E-state index contributed by atoms with van der Waals surface area (Å²) in [4.78, 5) is 21.8. The smallest absolute Gasteiger partial charge is 0.246 e. The second-order valence-corrected chi connectivity index (χ2v) is 11.6. The van der Waals surface area contributed by atoms with Gasteiger partial charge >= 0.3 is 0 Å². The van der Waals surface area contributed by atoms with Gasteiger partial charge < -0.3 is 14.4 Å². The first-order valence-corrected chi connectivity index (χ1v) is 15.0. The van der Waals surface area contributed by atoms with E-state index in [4.69, 9.17) is 21.1 Å². The highest BCUT2D eigenvalue weighted by molar-refractivity contribution is 6.32. The quantitative estimate of drug-likeness (QED) is 0.185. The van der Waals surface area contributed by atoms with Gasteiger partial charge in [-0.2, -0.15) is 0 Å². The third-order valence-corrected chi connectivity index (χ3v) is 7.96. The molecule has 2 heterocycles. The SMILES string of the molecule is C/C(=C/C(=O)N1CCN(Cc2ccc(C)cc2)CC1)c1cc(C)c(Oc2ccc(OCc3ccc(C)cc3)cn2)c(Cl)c1. The van der Waals surface area contributed by atoms with Crippen LogP contribution < -0.4 is 9.47 Å². The summed E-state index contributed by atoms with van der Waals surface area (Å²) < 4.78 is 11.9. The molecule has 3 aromatic carbocycles. The first kappa shape index (κ1) is 30.3. The van der Waals surface area contributed by atoms with Crippen molar-refractivity contribution in [3.63, 3.8) is 0 Å². The summed E-state index contributed by atoms with van der Waals surface area (Å²) in [5.41, 5.74) is 7.47. The molecule has 1 saturated heterocycles. The molecular weight excluding hydrogens is 558 g/mol. The summed E-state index contributed by atoms with van der Waals surface area (Å²) >= 11 is 6.66. The molecule has 1 aliphatic rings. The summed E-state index contributed by atoms with van der Waals surface area (Å²) in [6.45, 7) is 12.6. The van der Waals surface area contributed by atoms with E-state index in [1.54, 1.807) is 18.3 Å². The van der Waals surface area contributed by atoms with Crippen molar-refractivity contribution in [3.05, 3.63) is 123 Å². The summed E-state index contributed by atoms with van der Waals surface area (Å²) in [6.07, 6.45) is 3.35. The molecule has 0 unspecified atom stereocenters. The molecule has 0 saturated carbocycles. The Morgan fingerprint density at radius 2 is 1.53 bits per heavy atom. The second-order valence-electron chi connectivity index (χ2n) is 11.2. The predicted octanol–water partition coefficient (Wildman–Crippen LogP) is 7.78. The Kier molecular flexibility index (Phi) is 9.80. The Hall–Kier alpha value is -4.13. The molecule has 5 rings (SSSR count). The largest absolute Gasteiger partial charge is 0.487 e. The average Bonchev–Trinajstić information content (AvgIpc) is 3.00. The van der Waals surface area contributed by atoms with Gasteiger partial charge in [0.25, 0.3) is 0 Å². The van der Waals surface area contributed by atoms with Crippen molar-refractivity contribution in [2.24, 2.45) is 0 Å². The van der Waals surface area contributed by atoms with Gasteiger partial charge in [-0.25, -0.2) is 4.98 Å². The van der Waals surface area contributed by atoms with E-state index in [-0.39, 0.29) is 5.91 Å². The van der Waals surface area contributed by atoms with Crippen LogP contribution in [0.3, 0.4) is 0 Å². The second kappa shape index (κ2) is 13.9. The zero-order valence-electron chi connectivity index (χ0n) is 25.3. The fourth-order valence-electron chi connectivity index (χ4n) is 4.99. The van der Waals surface area contributed by atoms with E-state index in [2.05, 4.69) is 72.3 Å². The zero-order valence-corrected chi connectivity index (χ0v) is 26.0. The summed E-state index contributed by atoms with van der Waals surface area (Å²) in [7, 11) is 0. The van der Waals surface area contributed by atoms with E-state index < -0.39 is 0 Å². The Morgan fingerprint density at radius 1 is 0.884 bits per heavy atom. The molecule has 222 valence electrons. The van der Waals surface area contributed by atoms with E-state index in [1.165, 1.54) is 16.7 Å². The van der Waals surface area contributed by atoms with Crippen LogP contribution in [0.25, 0.3) is 5.57 Å². The van der Waals surface area contributed by atoms with E-state index in [0.717, 1.165) is 41.9 Å². The highest BCUT2D eigenvalue weighted by Crippen LogP contribution is 2.35. The number of hydrogen-bond acceptors (Lipinski definition) is 5. The van der Waals surface area contributed by atoms with Crippen molar-refractivity contribution < 1.29 is 14.3 Å². The molecule has 0 N–H and O–H groups in total. The molecule has 1 amide bonds. The highest BCUT2D eigenvalue weighted by atomic mass is 35.5. The topological polar surface area (TPSA) is 54.9 Å². The number of rotatable bonds is 9. The number of benzene rings is 3. The molecule has 0 radical (unpaired) electrons. The van der Waals surface area contributed by atoms with Crippen LogP contribution in [0, 0.1) is 20.8 Å². The van der Waals surface area contributed by atoms with Crippen molar-refractivity contribution in [2.75, 3.05) is 26.2 Å². The number of aryl methyl sites for hydroxylation is 3. The van der Waals surface area contributed by atoms with Gasteiger partial charge in [-0.1, -0.05) is 71.3 Å². The summed E-state index contributed by atoms with van der Waals surface area (Å²) in [6, 6.07) is 24.3. The van der Waals surface area contributed by atoms with Crippen LogP contribution >= 0.6 is 11.6 Å². The minimum absolute atomic E-state index is 0.0236. The molecule has 1 aromatic heterocycles. The number of amides is 1. The lowest BCUT2D eigenvalue weighted by Crippen LogP contribution is -2.47. The molecule has 0 spiro atoms. The molecule has 43 heavy (non-hydrogen) atoms. The Balaban J connectivity index is 1.15. The average molecular weight is 596 g/mol. The molecule has 1 aliphatic heterocycles. The number of carbonyl (C=O) groups is 1. The van der Waals surface area contributed by atoms with Gasteiger partial charge in [0.05, 0.1) is 11.2 Å². The molecule has 0 bridgehead atoms. The lowest BCUT2D eigenvalue weighted by atomic mass is 10.0. The van der Waals surface area contributed by atoms with Gasteiger partial charge in [-0.3, -0.25) is 9.69 Å². The fraction of sp³-hybridized carbons (Fsp3) is 0.278. The van der Waals surface area contributed by atoms with Crippen LogP contribution in [-0.4, -0.2) is 46.9 Å². The number of hydrogen-bond donors (Lipinski definition) is 0. The van der Waals surface area contributed by atoms with Crippen LogP contribution in [0.15, 0.2) is 85.1 Å². The van der Waals surface area contributed by atoms with Crippen LogP contribution in [0.5, 0.6) is 17.4 Å². The fourth-order valence-corrected chi connectivity index (χ4v) is 5.30. The number of carbonyl (C=O) groups excluding carboxylic acids is 1. The van der Waals surface area contributed by atoms with Gasteiger partial charge in [0.1, 0.15) is 12.4 Å². The van der Waals surface area contributed by atoms with Crippen LogP contribution in [0.2, 0.25) is 5.02 Å². The Bertz CT molecular complexity index is 1550. The van der Waals surface area contributed by atoms with Crippen molar-refractivity contribution in [2.45, 2.75) is 40.8 Å².